The summed E-state index contributed by atoms with van der Waals surface area (Å²) in [6.07, 6.45) is 0. The lowest BCUT2D eigenvalue weighted by atomic mass is 10.1. The van der Waals surface area contributed by atoms with Gasteiger partial charge in [-0.15, -0.1) is 0 Å². The third-order valence-corrected chi connectivity index (χ3v) is 3.83. The summed E-state index contributed by atoms with van der Waals surface area (Å²) in [7, 11) is 1.53. The van der Waals surface area contributed by atoms with E-state index in [1.165, 1.54) is 7.11 Å². The summed E-state index contributed by atoms with van der Waals surface area (Å²) in [5.41, 5.74) is 1.12. The molecule has 0 N–H and O–H groups in total. The molecule has 0 unspecified atom stereocenters. The van der Waals surface area contributed by atoms with Gasteiger partial charge in [0, 0.05) is 5.56 Å². The highest BCUT2D eigenvalue weighted by molar-refractivity contribution is 6.35. The molecule has 0 saturated carbocycles. The molecule has 0 aliphatic carbocycles. The molecular weight excluding hydrogens is 361 g/mol. The Morgan fingerprint density at radius 3 is 2.28 bits per heavy atom. The molecule has 5 nitrogen and oxygen atoms in total. The standard InChI is InChI=1S/C18H11Cl2N3O2/c1-24-13-7-2-3-8-14(13)25-15-16(19)22-18(23-17(15)20)12-6-4-5-11(9-12)10-21/h2-9H,1H3. The van der Waals surface area contributed by atoms with Crippen molar-refractivity contribution in [3.05, 3.63) is 64.4 Å². The average molecular weight is 372 g/mol. The van der Waals surface area contributed by atoms with E-state index in [2.05, 4.69) is 16.0 Å². The zero-order chi connectivity index (χ0) is 17.8. The number of nitriles is 1. The Morgan fingerprint density at radius 1 is 0.960 bits per heavy atom. The molecule has 1 aromatic heterocycles. The van der Waals surface area contributed by atoms with Crippen LogP contribution in [0.2, 0.25) is 10.3 Å². The minimum atomic E-state index is 0.0586. The Hall–Kier alpha value is -2.81. The second-order valence-electron chi connectivity index (χ2n) is 4.90. The predicted octanol–water partition coefficient (Wildman–Crippen LogP) is 5.12. The fourth-order valence-electron chi connectivity index (χ4n) is 2.15. The lowest BCUT2D eigenvalue weighted by Crippen LogP contribution is -1.97. The molecule has 0 spiro atoms. The Balaban J connectivity index is 1.99. The van der Waals surface area contributed by atoms with Crippen LogP contribution in [0.4, 0.5) is 0 Å². The Morgan fingerprint density at radius 2 is 1.64 bits per heavy atom. The average Bonchev–Trinajstić information content (AvgIpc) is 2.64. The van der Waals surface area contributed by atoms with Crippen molar-refractivity contribution in [2.45, 2.75) is 0 Å². The number of halogens is 2. The lowest BCUT2D eigenvalue weighted by molar-refractivity contribution is 0.378. The number of benzene rings is 2. The second kappa shape index (κ2) is 7.39. The molecule has 3 rings (SSSR count). The minimum absolute atomic E-state index is 0.0586. The SMILES string of the molecule is COc1ccccc1Oc1c(Cl)nc(-c2cccc(C#N)c2)nc1Cl. The monoisotopic (exact) mass is 371 g/mol. The van der Waals surface area contributed by atoms with Gasteiger partial charge in [-0.1, -0.05) is 47.5 Å². The van der Waals surface area contributed by atoms with Crippen LogP contribution >= 0.6 is 23.2 Å². The zero-order valence-corrected chi connectivity index (χ0v) is 14.5. The molecule has 0 atom stereocenters. The smallest absolute Gasteiger partial charge is 0.202 e. The van der Waals surface area contributed by atoms with E-state index in [1.807, 2.05) is 6.07 Å². The lowest BCUT2D eigenvalue weighted by Gasteiger charge is -2.12. The molecule has 25 heavy (non-hydrogen) atoms. The number of hydrogen-bond donors (Lipinski definition) is 0. The second-order valence-corrected chi connectivity index (χ2v) is 5.62. The van der Waals surface area contributed by atoms with E-state index < -0.39 is 0 Å². The highest BCUT2D eigenvalue weighted by Crippen LogP contribution is 2.38. The number of ether oxygens (including phenoxy) is 2. The molecule has 1 heterocycles. The Labute approximate surface area is 154 Å². The van der Waals surface area contributed by atoms with Gasteiger partial charge in [0.2, 0.25) is 5.75 Å². The van der Waals surface area contributed by atoms with E-state index in [9.17, 15) is 0 Å². The fourth-order valence-corrected chi connectivity index (χ4v) is 2.62. The molecule has 7 heteroatoms. The van der Waals surface area contributed by atoms with Crippen LogP contribution in [0, 0.1) is 11.3 Å². The van der Waals surface area contributed by atoms with E-state index in [1.54, 1.807) is 42.5 Å². The molecule has 2 aromatic carbocycles. The van der Waals surface area contributed by atoms with E-state index in [0.29, 0.717) is 28.5 Å². The van der Waals surface area contributed by atoms with Crippen LogP contribution in [-0.2, 0) is 0 Å². The van der Waals surface area contributed by atoms with Gasteiger partial charge in [0.25, 0.3) is 0 Å². The first-order valence-corrected chi connectivity index (χ1v) is 7.92. The predicted molar refractivity (Wildman–Crippen MR) is 95.3 cm³/mol. The summed E-state index contributed by atoms with van der Waals surface area (Å²) in [5, 5.41) is 9.12. The van der Waals surface area contributed by atoms with Crippen LogP contribution in [0.1, 0.15) is 5.56 Å². The zero-order valence-electron chi connectivity index (χ0n) is 13.0. The van der Waals surface area contributed by atoms with Gasteiger partial charge in [-0.2, -0.15) is 5.26 Å². The van der Waals surface area contributed by atoms with E-state index in [0.717, 1.165) is 0 Å². The van der Waals surface area contributed by atoms with E-state index in [4.69, 9.17) is 37.9 Å². The molecule has 0 amide bonds. The molecule has 0 bridgehead atoms. The summed E-state index contributed by atoms with van der Waals surface area (Å²) in [4.78, 5) is 8.45. The highest BCUT2D eigenvalue weighted by atomic mass is 35.5. The van der Waals surface area contributed by atoms with Crippen molar-refractivity contribution in [3.8, 4) is 34.7 Å². The van der Waals surface area contributed by atoms with Crippen molar-refractivity contribution >= 4 is 23.2 Å². The van der Waals surface area contributed by atoms with Gasteiger partial charge in [0.15, 0.2) is 27.6 Å². The van der Waals surface area contributed by atoms with E-state index in [-0.39, 0.29) is 16.1 Å². The Bertz CT molecular complexity index is 948. The first-order valence-electron chi connectivity index (χ1n) is 7.17. The van der Waals surface area contributed by atoms with Gasteiger partial charge in [0.1, 0.15) is 0 Å². The van der Waals surface area contributed by atoms with Gasteiger partial charge >= 0.3 is 0 Å². The molecule has 124 valence electrons. The largest absolute Gasteiger partial charge is 0.493 e. The van der Waals surface area contributed by atoms with Crippen molar-refractivity contribution in [2.24, 2.45) is 0 Å². The fraction of sp³-hybridized carbons (Fsp3) is 0.0556. The maximum absolute atomic E-state index is 9.00. The topological polar surface area (TPSA) is 68.0 Å². The molecule has 0 saturated heterocycles. The first-order chi connectivity index (χ1) is 12.1. The van der Waals surface area contributed by atoms with Gasteiger partial charge in [-0.3, -0.25) is 0 Å². The van der Waals surface area contributed by atoms with Crippen LogP contribution in [0.5, 0.6) is 17.2 Å². The number of hydrogen-bond acceptors (Lipinski definition) is 5. The number of aromatic nitrogens is 2. The van der Waals surface area contributed by atoms with Crippen LogP contribution < -0.4 is 9.47 Å². The van der Waals surface area contributed by atoms with Crippen molar-refractivity contribution in [3.63, 3.8) is 0 Å². The van der Waals surface area contributed by atoms with Gasteiger partial charge in [-0.05, 0) is 24.3 Å². The molecule has 0 radical (unpaired) electrons. The summed E-state index contributed by atoms with van der Waals surface area (Å²) < 4.78 is 11.0. The normalized spacial score (nSPS) is 10.2. The molecule has 0 aliphatic rings. The summed E-state index contributed by atoms with van der Waals surface area (Å²) >= 11 is 12.5. The van der Waals surface area contributed by atoms with Gasteiger partial charge < -0.3 is 9.47 Å². The van der Waals surface area contributed by atoms with Gasteiger partial charge in [0.05, 0.1) is 18.7 Å². The molecule has 0 aliphatic heterocycles. The highest BCUT2D eigenvalue weighted by Gasteiger charge is 2.17. The van der Waals surface area contributed by atoms with Gasteiger partial charge in [-0.25, -0.2) is 9.97 Å². The number of rotatable bonds is 4. The van der Waals surface area contributed by atoms with Crippen LogP contribution in [0.25, 0.3) is 11.4 Å². The van der Waals surface area contributed by atoms with Crippen LogP contribution in [-0.4, -0.2) is 17.1 Å². The third-order valence-electron chi connectivity index (χ3n) is 3.31. The summed E-state index contributed by atoms with van der Waals surface area (Å²) in [5.74, 6) is 1.41. The number of methoxy groups -OCH3 is 1. The third kappa shape index (κ3) is 3.66. The summed E-state index contributed by atoms with van der Waals surface area (Å²) in [6.45, 7) is 0. The molecular formula is C18H11Cl2N3O2. The van der Waals surface area contributed by atoms with Crippen molar-refractivity contribution in [1.82, 2.24) is 9.97 Å². The first kappa shape index (κ1) is 17.0. The molecule has 0 fully saturated rings. The number of para-hydroxylation sites is 2. The van der Waals surface area contributed by atoms with Crippen molar-refractivity contribution in [2.75, 3.05) is 7.11 Å². The van der Waals surface area contributed by atoms with Crippen molar-refractivity contribution < 1.29 is 9.47 Å². The summed E-state index contributed by atoms with van der Waals surface area (Å²) in [6, 6.07) is 16.0. The molecule has 3 aromatic rings. The van der Waals surface area contributed by atoms with E-state index >= 15 is 0 Å². The number of nitrogens with zero attached hydrogens (tertiary/aromatic N) is 3. The minimum Gasteiger partial charge on any atom is -0.493 e. The maximum Gasteiger partial charge on any atom is 0.202 e. The maximum atomic E-state index is 9.00. The van der Waals surface area contributed by atoms with Crippen LogP contribution in [0.15, 0.2) is 48.5 Å². The van der Waals surface area contributed by atoms with Crippen molar-refractivity contribution in [1.29, 1.82) is 5.26 Å². The van der Waals surface area contributed by atoms with Crippen LogP contribution in [0.3, 0.4) is 0 Å². The quantitative estimate of drug-likeness (QED) is 0.595. The Kier molecular flexibility index (Phi) is 5.03.